The number of carbonyl (C=O) groups is 1. The number of hydrogen-bond donors (Lipinski definition) is 1. The number of benzene rings is 2. The van der Waals surface area contributed by atoms with Gasteiger partial charge >= 0.3 is 0 Å². The molecular formula is C22H27N3O5. The molecule has 1 aliphatic rings. The van der Waals surface area contributed by atoms with Crippen molar-refractivity contribution < 1.29 is 19.2 Å². The van der Waals surface area contributed by atoms with Gasteiger partial charge in [0.2, 0.25) is 0 Å². The van der Waals surface area contributed by atoms with E-state index in [2.05, 4.69) is 19.2 Å². The molecular weight excluding hydrogens is 386 g/mol. The lowest BCUT2D eigenvalue weighted by molar-refractivity contribution is -0.384. The molecule has 0 aromatic heterocycles. The van der Waals surface area contributed by atoms with Crippen LogP contribution in [0.1, 0.15) is 30.9 Å². The number of carbonyl (C=O) groups excluding carboxylic acids is 1. The molecule has 3 rings (SSSR count). The quantitative estimate of drug-likeness (QED) is 0.547. The number of nitrogens with one attached hydrogen (secondary N) is 1. The Balaban J connectivity index is 1.69. The maximum atomic E-state index is 12.4. The van der Waals surface area contributed by atoms with Crippen molar-refractivity contribution in [3.63, 3.8) is 0 Å². The molecule has 0 aliphatic carbocycles. The van der Waals surface area contributed by atoms with E-state index in [1.165, 1.54) is 6.07 Å². The molecule has 1 heterocycles. The van der Waals surface area contributed by atoms with Gasteiger partial charge in [-0.1, -0.05) is 26.0 Å². The van der Waals surface area contributed by atoms with Crippen molar-refractivity contribution in [1.82, 2.24) is 0 Å². The summed E-state index contributed by atoms with van der Waals surface area (Å²) in [5.74, 6) is 0.562. The summed E-state index contributed by atoms with van der Waals surface area (Å²) in [4.78, 5) is 25.4. The third-order valence-electron chi connectivity index (χ3n) is 4.96. The minimum absolute atomic E-state index is 0.0450. The number of amides is 1. The van der Waals surface area contributed by atoms with Crippen molar-refractivity contribution in [2.24, 2.45) is 0 Å². The van der Waals surface area contributed by atoms with Gasteiger partial charge in [0.1, 0.15) is 11.4 Å². The molecule has 160 valence electrons. The minimum Gasteiger partial charge on any atom is -0.483 e. The van der Waals surface area contributed by atoms with Crippen LogP contribution in [0.4, 0.5) is 17.1 Å². The molecule has 1 saturated heterocycles. The fraction of sp³-hybridized carbons (Fsp3) is 0.409. The number of nitro benzene ring substituents is 1. The summed E-state index contributed by atoms with van der Waals surface area (Å²) in [5.41, 5.74) is 2.92. The molecule has 0 saturated carbocycles. The molecule has 0 unspecified atom stereocenters. The van der Waals surface area contributed by atoms with Gasteiger partial charge < -0.3 is 19.7 Å². The van der Waals surface area contributed by atoms with Crippen LogP contribution in [-0.4, -0.2) is 43.7 Å². The van der Waals surface area contributed by atoms with E-state index < -0.39 is 4.92 Å². The normalized spacial score (nSPS) is 13.9. The lowest BCUT2D eigenvalue weighted by Gasteiger charge is -2.28. The van der Waals surface area contributed by atoms with Crippen LogP contribution in [0, 0.1) is 17.0 Å². The topological polar surface area (TPSA) is 93.9 Å². The zero-order chi connectivity index (χ0) is 21.7. The lowest BCUT2D eigenvalue weighted by atomic mass is 10.0. The summed E-state index contributed by atoms with van der Waals surface area (Å²) in [6.07, 6.45) is 0. The Kier molecular flexibility index (Phi) is 6.89. The van der Waals surface area contributed by atoms with Gasteiger partial charge in [0.25, 0.3) is 11.6 Å². The first-order valence-electron chi connectivity index (χ1n) is 9.99. The number of hydrogen-bond acceptors (Lipinski definition) is 6. The van der Waals surface area contributed by atoms with E-state index in [0.29, 0.717) is 43.4 Å². The Morgan fingerprint density at radius 2 is 1.97 bits per heavy atom. The zero-order valence-electron chi connectivity index (χ0n) is 17.5. The molecule has 1 aliphatic heterocycles. The van der Waals surface area contributed by atoms with Crippen LogP contribution in [0.3, 0.4) is 0 Å². The number of rotatable bonds is 7. The first kappa shape index (κ1) is 21.6. The van der Waals surface area contributed by atoms with E-state index in [4.69, 9.17) is 9.47 Å². The van der Waals surface area contributed by atoms with Crippen LogP contribution in [0.2, 0.25) is 0 Å². The molecule has 30 heavy (non-hydrogen) atoms. The fourth-order valence-electron chi connectivity index (χ4n) is 3.40. The molecule has 2 aromatic rings. The van der Waals surface area contributed by atoms with Crippen LogP contribution in [0.25, 0.3) is 0 Å². The summed E-state index contributed by atoms with van der Waals surface area (Å²) >= 11 is 0. The van der Waals surface area contributed by atoms with Crippen LogP contribution in [-0.2, 0) is 9.53 Å². The Morgan fingerprint density at radius 3 is 2.63 bits per heavy atom. The van der Waals surface area contributed by atoms with Gasteiger partial charge in [-0.2, -0.15) is 0 Å². The van der Waals surface area contributed by atoms with Crippen LogP contribution in [0.15, 0.2) is 36.4 Å². The highest BCUT2D eigenvalue weighted by Crippen LogP contribution is 2.32. The van der Waals surface area contributed by atoms with Crippen molar-refractivity contribution in [3.8, 4) is 5.75 Å². The second kappa shape index (κ2) is 9.58. The van der Waals surface area contributed by atoms with Crippen molar-refractivity contribution >= 4 is 23.0 Å². The maximum Gasteiger partial charge on any atom is 0.294 e. The van der Waals surface area contributed by atoms with E-state index in [0.717, 1.165) is 11.1 Å². The van der Waals surface area contributed by atoms with E-state index in [1.807, 2.05) is 30.0 Å². The Bertz CT molecular complexity index is 923. The number of morpholine rings is 1. The summed E-state index contributed by atoms with van der Waals surface area (Å²) in [5, 5.41) is 14.2. The number of nitrogens with zero attached hydrogens (tertiary/aromatic N) is 2. The van der Waals surface area contributed by atoms with Crippen molar-refractivity contribution in [2.75, 3.05) is 43.1 Å². The average Bonchev–Trinajstić information content (AvgIpc) is 2.72. The SMILES string of the molecule is Cc1ccc(C(C)C)c(OCC(=O)Nc2ccc(N3CCOCC3)c([N+](=O)[O-])c2)c1. The lowest BCUT2D eigenvalue weighted by Crippen LogP contribution is -2.36. The highest BCUT2D eigenvalue weighted by molar-refractivity contribution is 5.92. The van der Waals surface area contributed by atoms with E-state index in [-0.39, 0.29) is 24.1 Å². The van der Waals surface area contributed by atoms with Gasteiger partial charge in [0.15, 0.2) is 6.61 Å². The molecule has 0 atom stereocenters. The van der Waals surface area contributed by atoms with Crippen LogP contribution >= 0.6 is 0 Å². The van der Waals surface area contributed by atoms with Gasteiger partial charge in [0.05, 0.1) is 18.1 Å². The van der Waals surface area contributed by atoms with Crippen molar-refractivity contribution in [3.05, 3.63) is 57.6 Å². The summed E-state index contributed by atoms with van der Waals surface area (Å²) in [6, 6.07) is 10.6. The van der Waals surface area contributed by atoms with Crippen molar-refractivity contribution in [1.29, 1.82) is 0 Å². The highest BCUT2D eigenvalue weighted by atomic mass is 16.6. The molecule has 8 nitrogen and oxygen atoms in total. The monoisotopic (exact) mass is 413 g/mol. The van der Waals surface area contributed by atoms with Crippen LogP contribution in [0.5, 0.6) is 5.75 Å². The molecule has 1 N–H and O–H groups in total. The first-order valence-corrected chi connectivity index (χ1v) is 9.99. The van der Waals surface area contributed by atoms with E-state index in [1.54, 1.807) is 12.1 Å². The Morgan fingerprint density at radius 1 is 1.23 bits per heavy atom. The second-order valence-electron chi connectivity index (χ2n) is 7.59. The van der Waals surface area contributed by atoms with E-state index in [9.17, 15) is 14.9 Å². The molecule has 1 fully saturated rings. The predicted molar refractivity (Wildman–Crippen MR) is 116 cm³/mol. The average molecular weight is 413 g/mol. The molecule has 0 radical (unpaired) electrons. The molecule has 0 bridgehead atoms. The number of nitro groups is 1. The zero-order valence-corrected chi connectivity index (χ0v) is 17.5. The number of anilines is 2. The Hall–Kier alpha value is -3.13. The van der Waals surface area contributed by atoms with Gasteiger partial charge in [-0.05, 0) is 42.2 Å². The van der Waals surface area contributed by atoms with Gasteiger partial charge in [0, 0.05) is 24.8 Å². The Labute approximate surface area is 175 Å². The van der Waals surface area contributed by atoms with Crippen molar-refractivity contribution in [2.45, 2.75) is 26.7 Å². The molecule has 8 heteroatoms. The molecule has 1 amide bonds. The first-order chi connectivity index (χ1) is 14.3. The number of aryl methyl sites for hydroxylation is 1. The number of ether oxygens (including phenoxy) is 2. The minimum atomic E-state index is -0.432. The molecule has 0 spiro atoms. The third-order valence-corrected chi connectivity index (χ3v) is 4.96. The van der Waals surface area contributed by atoms with Crippen LogP contribution < -0.4 is 15.0 Å². The third kappa shape index (κ3) is 5.27. The summed E-state index contributed by atoms with van der Waals surface area (Å²) in [7, 11) is 0. The highest BCUT2D eigenvalue weighted by Gasteiger charge is 2.22. The second-order valence-corrected chi connectivity index (χ2v) is 7.59. The van der Waals surface area contributed by atoms with Gasteiger partial charge in [-0.3, -0.25) is 14.9 Å². The standard InChI is InChI=1S/C22H27N3O5/c1-15(2)18-6-4-16(3)12-21(18)30-14-22(26)23-17-5-7-19(20(13-17)25(27)28)24-8-10-29-11-9-24/h4-7,12-13,15H,8-11,14H2,1-3H3,(H,23,26). The smallest absolute Gasteiger partial charge is 0.294 e. The predicted octanol–water partition coefficient (Wildman–Crippen LogP) is 3.88. The summed E-state index contributed by atoms with van der Waals surface area (Å²) in [6.45, 7) is 8.16. The fourth-order valence-corrected chi connectivity index (χ4v) is 3.40. The largest absolute Gasteiger partial charge is 0.483 e. The molecule has 2 aromatic carbocycles. The maximum absolute atomic E-state index is 12.4. The van der Waals surface area contributed by atoms with Gasteiger partial charge in [-0.15, -0.1) is 0 Å². The van der Waals surface area contributed by atoms with Gasteiger partial charge in [-0.25, -0.2) is 0 Å². The van der Waals surface area contributed by atoms with E-state index >= 15 is 0 Å². The summed E-state index contributed by atoms with van der Waals surface area (Å²) < 4.78 is 11.1.